The fraction of sp³-hybridized carbons (Fsp3) is 0.360. The number of nitrogens with one attached hydrogen (secondary N) is 1. The number of halogens is 1. The molecule has 5 rings (SSSR count). The summed E-state index contributed by atoms with van der Waals surface area (Å²) >= 11 is 7.59. The van der Waals surface area contributed by atoms with Gasteiger partial charge >= 0.3 is 0 Å². The van der Waals surface area contributed by atoms with Gasteiger partial charge in [0.25, 0.3) is 5.91 Å². The highest BCUT2D eigenvalue weighted by molar-refractivity contribution is 8.27. The second kappa shape index (κ2) is 8.61. The molecular weight excluding hydrogens is 454 g/mol. The molecular formula is C25H26ClN5OS. The van der Waals surface area contributed by atoms with Gasteiger partial charge in [-0.05, 0) is 86.8 Å². The Morgan fingerprint density at radius 2 is 1.91 bits per heavy atom. The van der Waals surface area contributed by atoms with Crippen LogP contribution in [0.3, 0.4) is 0 Å². The molecule has 6 nitrogen and oxygen atoms in total. The minimum absolute atomic E-state index is 0.0933. The maximum Gasteiger partial charge on any atom is 0.283 e. The Morgan fingerprint density at radius 3 is 2.64 bits per heavy atom. The van der Waals surface area contributed by atoms with Crippen molar-refractivity contribution >= 4 is 51.4 Å². The number of rotatable bonds is 3. The lowest BCUT2D eigenvalue weighted by molar-refractivity contribution is -0.114. The molecule has 0 radical (unpaired) electrons. The zero-order valence-electron chi connectivity index (χ0n) is 19.0. The van der Waals surface area contributed by atoms with Gasteiger partial charge in [-0.25, -0.2) is 0 Å². The Hall–Kier alpha value is -2.64. The molecule has 1 aromatic carbocycles. The van der Waals surface area contributed by atoms with E-state index in [0.29, 0.717) is 16.1 Å². The number of hydrazone groups is 1. The lowest BCUT2D eigenvalue weighted by atomic mass is 9.90. The highest BCUT2D eigenvalue weighted by Crippen LogP contribution is 2.36. The molecule has 1 N–H and O–H groups in total. The van der Waals surface area contributed by atoms with Crippen LogP contribution >= 0.6 is 23.4 Å². The van der Waals surface area contributed by atoms with Crippen LogP contribution in [0.2, 0.25) is 5.02 Å². The van der Waals surface area contributed by atoms with E-state index >= 15 is 0 Å². The summed E-state index contributed by atoms with van der Waals surface area (Å²) in [7, 11) is 0. The van der Waals surface area contributed by atoms with Crippen LogP contribution < -0.4 is 0 Å². The normalized spacial score (nSPS) is 20.4. The molecule has 0 saturated heterocycles. The first-order chi connectivity index (χ1) is 15.8. The molecule has 1 aromatic heterocycles. The minimum Gasteiger partial charge on any atom is -0.318 e. The van der Waals surface area contributed by atoms with Gasteiger partial charge in [0.05, 0.1) is 5.57 Å². The van der Waals surface area contributed by atoms with E-state index in [0.717, 1.165) is 46.1 Å². The third-order valence-corrected chi connectivity index (χ3v) is 7.90. The Labute approximate surface area is 202 Å². The number of nitrogens with zero attached hydrogens (tertiary/aromatic N) is 4. The van der Waals surface area contributed by atoms with E-state index in [-0.39, 0.29) is 17.3 Å². The average molecular weight is 480 g/mol. The number of hydrogen-bond donors (Lipinski definition) is 1. The number of hydrogen-bond acceptors (Lipinski definition) is 4. The van der Waals surface area contributed by atoms with Crippen LogP contribution in [0.25, 0.3) is 11.8 Å². The first kappa shape index (κ1) is 22.2. The quantitative estimate of drug-likeness (QED) is 0.528. The van der Waals surface area contributed by atoms with E-state index in [2.05, 4.69) is 9.56 Å². The molecule has 0 unspecified atom stereocenters. The van der Waals surface area contributed by atoms with Gasteiger partial charge in [-0.1, -0.05) is 30.9 Å². The smallest absolute Gasteiger partial charge is 0.283 e. The number of carbonyl (C=O) groups excluding carboxylic acids is 1. The fourth-order valence-corrected chi connectivity index (χ4v) is 6.14. The van der Waals surface area contributed by atoms with Gasteiger partial charge in [-0.15, -0.1) is 0 Å². The first-order valence-corrected chi connectivity index (χ1v) is 12.5. The van der Waals surface area contributed by atoms with Crippen LogP contribution in [-0.2, 0) is 4.79 Å². The molecule has 3 aliphatic rings. The van der Waals surface area contributed by atoms with Crippen LogP contribution in [0, 0.1) is 32.1 Å². The zero-order chi connectivity index (χ0) is 23.3. The number of aliphatic imine (C=N–C) groups is 1. The summed E-state index contributed by atoms with van der Waals surface area (Å²) < 4.78 is 2.15. The molecule has 2 aromatic rings. The summed E-state index contributed by atoms with van der Waals surface area (Å²) in [4.78, 5) is 17.2. The Kier molecular flexibility index (Phi) is 5.79. The number of benzene rings is 1. The molecule has 8 heteroatoms. The summed E-state index contributed by atoms with van der Waals surface area (Å²) in [5, 5.41) is 17.2. The average Bonchev–Trinajstić information content (AvgIpc) is 3.33. The molecule has 0 atom stereocenters. The Balaban J connectivity index is 1.49. The first-order valence-electron chi connectivity index (χ1n) is 11.3. The third kappa shape index (κ3) is 3.97. The number of aromatic nitrogens is 1. The van der Waals surface area contributed by atoms with Gasteiger partial charge < -0.3 is 4.57 Å². The van der Waals surface area contributed by atoms with Crippen molar-refractivity contribution in [2.75, 3.05) is 0 Å². The van der Waals surface area contributed by atoms with Crippen molar-refractivity contribution in [1.82, 2.24) is 9.58 Å². The van der Waals surface area contributed by atoms with Gasteiger partial charge in [0.1, 0.15) is 5.04 Å². The van der Waals surface area contributed by atoms with Crippen molar-refractivity contribution in [2.24, 2.45) is 16.0 Å². The van der Waals surface area contributed by atoms with Crippen LogP contribution in [-0.4, -0.2) is 31.5 Å². The number of aryl methyl sites for hydroxylation is 2. The van der Waals surface area contributed by atoms with Crippen molar-refractivity contribution in [1.29, 1.82) is 5.41 Å². The van der Waals surface area contributed by atoms with E-state index in [1.807, 2.05) is 45.0 Å². The van der Waals surface area contributed by atoms with Crippen molar-refractivity contribution in [3.63, 3.8) is 0 Å². The van der Waals surface area contributed by atoms with E-state index in [4.69, 9.17) is 22.1 Å². The van der Waals surface area contributed by atoms with Crippen LogP contribution in [0.4, 0.5) is 0 Å². The second-order valence-corrected chi connectivity index (χ2v) is 10.3. The number of amidine groups is 2. The maximum absolute atomic E-state index is 12.9. The summed E-state index contributed by atoms with van der Waals surface area (Å²) in [6, 6.07) is 7.86. The van der Waals surface area contributed by atoms with Crippen molar-refractivity contribution in [3.8, 4) is 5.69 Å². The molecule has 33 heavy (non-hydrogen) atoms. The fourth-order valence-electron chi connectivity index (χ4n) is 4.85. The van der Waals surface area contributed by atoms with E-state index < -0.39 is 0 Å². The molecule has 0 bridgehead atoms. The lowest BCUT2D eigenvalue weighted by Gasteiger charge is -2.20. The van der Waals surface area contributed by atoms with E-state index in [1.54, 1.807) is 6.08 Å². The van der Waals surface area contributed by atoms with Crippen LogP contribution in [0.15, 0.2) is 39.9 Å². The topological polar surface area (TPSA) is 73.8 Å². The van der Waals surface area contributed by atoms with Crippen molar-refractivity contribution < 1.29 is 4.79 Å². The highest BCUT2D eigenvalue weighted by atomic mass is 35.5. The van der Waals surface area contributed by atoms with E-state index in [1.165, 1.54) is 36.0 Å². The monoisotopic (exact) mass is 479 g/mol. The molecule has 2 aliphatic heterocycles. The lowest BCUT2D eigenvalue weighted by Crippen LogP contribution is -2.35. The molecule has 0 spiro atoms. The molecule has 3 heterocycles. The van der Waals surface area contributed by atoms with Gasteiger partial charge in [-0.3, -0.25) is 10.2 Å². The highest BCUT2D eigenvalue weighted by Gasteiger charge is 2.38. The Morgan fingerprint density at radius 1 is 1.15 bits per heavy atom. The second-order valence-electron chi connectivity index (χ2n) is 8.89. The zero-order valence-corrected chi connectivity index (χ0v) is 20.6. The summed E-state index contributed by atoms with van der Waals surface area (Å²) in [6.45, 7) is 6.08. The number of thioether (sulfide) groups is 1. The van der Waals surface area contributed by atoms with E-state index in [9.17, 15) is 4.79 Å². The van der Waals surface area contributed by atoms with Gasteiger partial charge in [-0.2, -0.15) is 15.1 Å². The summed E-state index contributed by atoms with van der Waals surface area (Å²) in [6.07, 6.45) is 7.70. The van der Waals surface area contributed by atoms with Crippen LogP contribution in [0.1, 0.15) is 54.6 Å². The third-order valence-electron chi connectivity index (χ3n) is 6.59. The Bertz CT molecular complexity index is 1270. The number of fused-ring (bicyclic) bond motifs is 1. The molecule has 170 valence electrons. The molecule has 1 fully saturated rings. The molecule has 1 aliphatic carbocycles. The predicted octanol–water partition coefficient (Wildman–Crippen LogP) is 6.26. The molecule has 1 saturated carbocycles. The van der Waals surface area contributed by atoms with Crippen molar-refractivity contribution in [3.05, 3.63) is 57.4 Å². The minimum atomic E-state index is -0.383. The molecule has 1 amide bonds. The number of carbonyl (C=O) groups is 1. The predicted molar refractivity (Wildman–Crippen MR) is 137 cm³/mol. The largest absolute Gasteiger partial charge is 0.318 e. The number of amides is 1. The SMILES string of the molecule is Cc1cc(Cl)ccc1-n1c(C)cc(/C=C2\C(=N)N3N=C(C4CCCCC4)SC3=NC2=O)c1C. The van der Waals surface area contributed by atoms with Crippen LogP contribution in [0.5, 0.6) is 0 Å². The summed E-state index contributed by atoms with van der Waals surface area (Å²) in [5.74, 6) is 0.121. The maximum atomic E-state index is 12.9. The summed E-state index contributed by atoms with van der Waals surface area (Å²) in [5.41, 5.74) is 5.29. The van der Waals surface area contributed by atoms with Gasteiger partial charge in [0.15, 0.2) is 5.84 Å². The van der Waals surface area contributed by atoms with Crippen molar-refractivity contribution in [2.45, 2.75) is 52.9 Å². The van der Waals surface area contributed by atoms with Gasteiger partial charge in [0.2, 0.25) is 5.17 Å². The standard InChI is InChI=1S/C25H26ClN5OS/c1-14-11-19(26)9-10-21(14)30-15(2)12-18(16(30)3)13-20-22(27)31-25(28-23(20)32)33-24(29-31)17-7-5-4-6-8-17/h9-13,17,27H,4-8H2,1-3H3/b20-13+,27-22?. The van der Waals surface area contributed by atoms with Gasteiger partial charge in [0, 0.05) is 28.0 Å².